The highest BCUT2D eigenvalue weighted by Crippen LogP contribution is 2.07. The average Bonchev–Trinajstić information content (AvgIpc) is 2.50. The van der Waals surface area contributed by atoms with Gasteiger partial charge in [-0.25, -0.2) is 0 Å². The summed E-state index contributed by atoms with van der Waals surface area (Å²) in [5.74, 6) is 0.325. The number of rotatable bonds is 9. The van der Waals surface area contributed by atoms with Gasteiger partial charge in [0.2, 0.25) is 0 Å². The van der Waals surface area contributed by atoms with E-state index < -0.39 is 0 Å². The molecule has 21 heavy (non-hydrogen) atoms. The summed E-state index contributed by atoms with van der Waals surface area (Å²) in [6.07, 6.45) is 5.68. The lowest BCUT2D eigenvalue weighted by molar-refractivity contribution is -0.140. The first kappa shape index (κ1) is 17.0. The molecule has 0 aliphatic heterocycles. The quantitative estimate of drug-likeness (QED) is 0.317. The van der Waals surface area contributed by atoms with E-state index >= 15 is 0 Å². The smallest absolute Gasteiger partial charge is 0.305 e. The monoisotopic (exact) mass is 291 g/mol. The number of carbonyl (C=O) groups excluding carboxylic acids is 1. The lowest BCUT2D eigenvalue weighted by Crippen LogP contribution is -2.22. The maximum absolute atomic E-state index is 10.9. The Bertz CT molecular complexity index is 432. The van der Waals surface area contributed by atoms with Crippen LogP contribution in [0.15, 0.2) is 35.3 Å². The summed E-state index contributed by atoms with van der Waals surface area (Å²) in [6, 6.07) is 9.75. The van der Waals surface area contributed by atoms with Crippen molar-refractivity contribution in [3.63, 3.8) is 0 Å². The van der Waals surface area contributed by atoms with Crippen LogP contribution in [0.1, 0.15) is 38.5 Å². The molecule has 5 heteroatoms. The molecule has 0 saturated heterocycles. The summed E-state index contributed by atoms with van der Waals surface area (Å²) in [6.45, 7) is 0.725. The van der Waals surface area contributed by atoms with E-state index in [9.17, 15) is 4.79 Å². The van der Waals surface area contributed by atoms with Gasteiger partial charge >= 0.3 is 5.97 Å². The Kier molecular flexibility index (Phi) is 8.68. The lowest BCUT2D eigenvalue weighted by atomic mass is 10.1. The van der Waals surface area contributed by atoms with Crippen LogP contribution < -0.4 is 11.1 Å². The van der Waals surface area contributed by atoms with Crippen molar-refractivity contribution in [3.05, 3.63) is 30.3 Å². The van der Waals surface area contributed by atoms with Gasteiger partial charge in [0.25, 0.3) is 0 Å². The van der Waals surface area contributed by atoms with E-state index in [-0.39, 0.29) is 5.97 Å². The predicted molar refractivity (Wildman–Crippen MR) is 86.3 cm³/mol. The van der Waals surface area contributed by atoms with Crippen molar-refractivity contribution in [2.75, 3.05) is 19.0 Å². The number of unbranched alkanes of at least 4 members (excludes halogenated alkanes) is 4. The number of methoxy groups -OCH3 is 1. The van der Waals surface area contributed by atoms with Gasteiger partial charge < -0.3 is 15.8 Å². The summed E-state index contributed by atoms with van der Waals surface area (Å²) < 4.78 is 4.59. The van der Waals surface area contributed by atoms with Crippen molar-refractivity contribution < 1.29 is 9.53 Å². The molecule has 116 valence electrons. The molecule has 0 saturated carbocycles. The maximum atomic E-state index is 10.9. The van der Waals surface area contributed by atoms with Gasteiger partial charge in [0, 0.05) is 18.7 Å². The van der Waals surface area contributed by atoms with Gasteiger partial charge in [-0.2, -0.15) is 0 Å². The number of esters is 1. The van der Waals surface area contributed by atoms with Crippen LogP contribution in [0.5, 0.6) is 0 Å². The number of para-hydroxylation sites is 1. The van der Waals surface area contributed by atoms with Crippen LogP contribution in [0, 0.1) is 0 Å². The van der Waals surface area contributed by atoms with Crippen molar-refractivity contribution in [2.24, 2.45) is 10.7 Å². The third-order valence-corrected chi connectivity index (χ3v) is 3.10. The van der Waals surface area contributed by atoms with E-state index in [1.165, 1.54) is 7.11 Å². The Hall–Kier alpha value is -2.04. The van der Waals surface area contributed by atoms with Crippen LogP contribution in [0.4, 0.5) is 5.69 Å². The summed E-state index contributed by atoms with van der Waals surface area (Å²) in [7, 11) is 1.42. The predicted octanol–water partition coefficient (Wildman–Crippen LogP) is 2.93. The highest BCUT2D eigenvalue weighted by Gasteiger charge is 1.99. The van der Waals surface area contributed by atoms with Gasteiger partial charge in [0.05, 0.1) is 7.11 Å². The zero-order valence-corrected chi connectivity index (χ0v) is 12.7. The van der Waals surface area contributed by atoms with Crippen molar-refractivity contribution in [3.8, 4) is 0 Å². The SMILES string of the molecule is COC(=O)CCCCCCCN=C(N)Nc1ccccc1. The number of hydrogen-bond acceptors (Lipinski definition) is 3. The fourth-order valence-corrected chi connectivity index (χ4v) is 1.92. The van der Waals surface area contributed by atoms with Gasteiger partial charge in [0.15, 0.2) is 5.96 Å². The van der Waals surface area contributed by atoms with E-state index in [1.54, 1.807) is 0 Å². The van der Waals surface area contributed by atoms with Crippen molar-refractivity contribution in [1.29, 1.82) is 0 Å². The fraction of sp³-hybridized carbons (Fsp3) is 0.500. The third-order valence-electron chi connectivity index (χ3n) is 3.10. The third kappa shape index (κ3) is 8.68. The Morgan fingerprint density at radius 1 is 1.14 bits per heavy atom. The summed E-state index contributed by atoms with van der Waals surface area (Å²) in [4.78, 5) is 15.2. The number of anilines is 1. The maximum Gasteiger partial charge on any atom is 0.305 e. The Morgan fingerprint density at radius 2 is 1.81 bits per heavy atom. The minimum absolute atomic E-state index is 0.126. The molecular formula is C16H25N3O2. The molecule has 0 spiro atoms. The Balaban J connectivity index is 2.02. The standard InChI is InChI=1S/C16H25N3O2/c1-21-15(20)12-8-3-2-4-9-13-18-16(17)19-14-10-6-5-7-11-14/h5-7,10-11H,2-4,8-9,12-13H2,1H3,(H3,17,18,19). The molecule has 0 aliphatic rings. The number of ether oxygens (including phenoxy) is 1. The van der Waals surface area contributed by atoms with Crippen LogP contribution in [0.25, 0.3) is 0 Å². The molecule has 0 radical (unpaired) electrons. The Labute approximate surface area is 126 Å². The molecule has 0 atom stereocenters. The molecule has 0 aliphatic carbocycles. The molecule has 0 aromatic heterocycles. The van der Waals surface area contributed by atoms with E-state index in [0.717, 1.165) is 44.3 Å². The van der Waals surface area contributed by atoms with Crippen molar-refractivity contribution in [2.45, 2.75) is 38.5 Å². The van der Waals surface area contributed by atoms with E-state index in [1.807, 2.05) is 30.3 Å². The number of nitrogens with two attached hydrogens (primary N) is 1. The minimum atomic E-state index is -0.126. The van der Waals surface area contributed by atoms with Gasteiger partial charge in [-0.3, -0.25) is 9.79 Å². The molecule has 0 amide bonds. The molecule has 3 N–H and O–H groups in total. The normalized spacial score (nSPS) is 11.2. The second kappa shape index (κ2) is 10.7. The minimum Gasteiger partial charge on any atom is -0.469 e. The molecule has 0 fully saturated rings. The first-order chi connectivity index (χ1) is 10.2. The largest absolute Gasteiger partial charge is 0.469 e. The van der Waals surface area contributed by atoms with Crippen LogP contribution in [-0.4, -0.2) is 25.6 Å². The van der Waals surface area contributed by atoms with Crippen LogP contribution >= 0.6 is 0 Å². The topological polar surface area (TPSA) is 76.7 Å². The van der Waals surface area contributed by atoms with Crippen molar-refractivity contribution >= 4 is 17.6 Å². The molecule has 0 heterocycles. The van der Waals surface area contributed by atoms with Crippen LogP contribution in [0.3, 0.4) is 0 Å². The molecule has 1 aromatic rings. The van der Waals surface area contributed by atoms with E-state index in [0.29, 0.717) is 12.4 Å². The van der Waals surface area contributed by atoms with Gasteiger partial charge in [-0.15, -0.1) is 0 Å². The molecule has 1 rings (SSSR count). The number of hydrogen-bond donors (Lipinski definition) is 2. The van der Waals surface area contributed by atoms with Crippen molar-refractivity contribution in [1.82, 2.24) is 0 Å². The zero-order chi connectivity index (χ0) is 15.3. The molecular weight excluding hydrogens is 266 g/mol. The van der Waals surface area contributed by atoms with Gasteiger partial charge in [-0.05, 0) is 25.0 Å². The first-order valence-corrected chi connectivity index (χ1v) is 7.41. The average molecular weight is 291 g/mol. The van der Waals surface area contributed by atoms with E-state index in [4.69, 9.17) is 5.73 Å². The zero-order valence-electron chi connectivity index (χ0n) is 12.7. The number of nitrogens with one attached hydrogen (secondary N) is 1. The number of guanidine groups is 1. The second-order valence-electron chi connectivity index (χ2n) is 4.85. The fourth-order valence-electron chi connectivity index (χ4n) is 1.92. The molecule has 5 nitrogen and oxygen atoms in total. The first-order valence-electron chi connectivity index (χ1n) is 7.41. The number of benzene rings is 1. The molecule has 0 bridgehead atoms. The number of nitrogens with zero attached hydrogens (tertiary/aromatic N) is 1. The molecule has 1 aromatic carbocycles. The van der Waals surface area contributed by atoms with Gasteiger partial charge in [0.1, 0.15) is 0 Å². The highest BCUT2D eigenvalue weighted by atomic mass is 16.5. The summed E-state index contributed by atoms with van der Waals surface area (Å²) in [5.41, 5.74) is 6.75. The van der Waals surface area contributed by atoms with Crippen LogP contribution in [0.2, 0.25) is 0 Å². The molecule has 0 unspecified atom stereocenters. The van der Waals surface area contributed by atoms with Gasteiger partial charge in [-0.1, -0.05) is 37.5 Å². The number of aliphatic imine (C=N–C) groups is 1. The summed E-state index contributed by atoms with van der Waals surface area (Å²) in [5, 5.41) is 3.05. The lowest BCUT2D eigenvalue weighted by Gasteiger charge is -2.05. The van der Waals surface area contributed by atoms with E-state index in [2.05, 4.69) is 15.0 Å². The van der Waals surface area contributed by atoms with Crippen LogP contribution in [-0.2, 0) is 9.53 Å². The highest BCUT2D eigenvalue weighted by molar-refractivity contribution is 5.92. The number of carbonyl (C=O) groups is 1. The Morgan fingerprint density at radius 3 is 2.52 bits per heavy atom. The second-order valence-corrected chi connectivity index (χ2v) is 4.85. The summed E-state index contributed by atoms with van der Waals surface area (Å²) >= 11 is 0.